The van der Waals surface area contributed by atoms with Crippen LogP contribution in [0, 0.1) is 0 Å². The van der Waals surface area contributed by atoms with Crippen molar-refractivity contribution in [3.05, 3.63) is 15.9 Å². The average Bonchev–Trinajstić information content (AvgIpc) is 2.71. The maximum absolute atomic E-state index is 10.8. The summed E-state index contributed by atoms with van der Waals surface area (Å²) < 4.78 is 1.83. The van der Waals surface area contributed by atoms with Crippen LogP contribution in [-0.4, -0.2) is 46.1 Å². The zero-order chi connectivity index (χ0) is 13.1. The van der Waals surface area contributed by atoms with Gasteiger partial charge in [-0.25, -0.2) is 4.79 Å². The summed E-state index contributed by atoms with van der Waals surface area (Å²) in [6.45, 7) is 1.05. The van der Waals surface area contributed by atoms with Crippen LogP contribution < -0.4 is 4.80 Å². The van der Waals surface area contributed by atoms with Crippen molar-refractivity contribution < 1.29 is 14.7 Å². The molecule has 0 bridgehead atoms. The van der Waals surface area contributed by atoms with E-state index in [-0.39, 0.29) is 6.04 Å². The molecule has 0 aromatic carbocycles. The van der Waals surface area contributed by atoms with Crippen molar-refractivity contribution in [1.29, 1.82) is 0 Å². The van der Waals surface area contributed by atoms with Gasteiger partial charge >= 0.3 is 6.09 Å². The third kappa shape index (κ3) is 2.79. The van der Waals surface area contributed by atoms with E-state index in [2.05, 4.69) is 4.99 Å². The fourth-order valence-corrected chi connectivity index (χ4v) is 2.83. The minimum Gasteiger partial charge on any atom is -0.465 e. The highest BCUT2D eigenvalue weighted by molar-refractivity contribution is 7.10. The van der Waals surface area contributed by atoms with Gasteiger partial charge < -0.3 is 14.6 Å². The van der Waals surface area contributed by atoms with Crippen molar-refractivity contribution >= 4 is 23.7 Å². The van der Waals surface area contributed by atoms with Gasteiger partial charge in [0.1, 0.15) is 0 Å². The highest BCUT2D eigenvalue weighted by atomic mass is 32.1. The molecule has 1 aromatic rings. The van der Waals surface area contributed by atoms with Crippen LogP contribution in [0.15, 0.2) is 11.2 Å². The van der Waals surface area contributed by atoms with E-state index < -0.39 is 6.09 Å². The minimum absolute atomic E-state index is 0.143. The number of nitrogens with zero attached hydrogens (tertiary/aromatic N) is 3. The molecule has 1 aliphatic rings. The lowest BCUT2D eigenvalue weighted by atomic mass is 10.1. The maximum atomic E-state index is 10.8. The second-order valence-corrected chi connectivity index (χ2v) is 5.32. The molecule has 98 valence electrons. The van der Waals surface area contributed by atoms with Gasteiger partial charge in [-0.05, 0) is 12.8 Å². The van der Waals surface area contributed by atoms with E-state index in [1.54, 1.807) is 6.20 Å². The lowest BCUT2D eigenvalue weighted by Crippen LogP contribution is -2.39. The van der Waals surface area contributed by atoms with Gasteiger partial charge in [0, 0.05) is 26.3 Å². The Morgan fingerprint density at radius 1 is 1.56 bits per heavy atom. The van der Waals surface area contributed by atoms with Gasteiger partial charge in [0.05, 0.1) is 10.9 Å². The van der Waals surface area contributed by atoms with Crippen LogP contribution in [0.5, 0.6) is 0 Å². The molecule has 2 heterocycles. The number of carbonyl (C=O) groups is 2. The number of thiazole rings is 1. The number of hydrogen-bond acceptors (Lipinski definition) is 4. The fourth-order valence-electron chi connectivity index (χ4n) is 1.96. The van der Waals surface area contributed by atoms with Gasteiger partial charge in [-0.15, -0.1) is 0 Å². The van der Waals surface area contributed by atoms with Crippen LogP contribution in [0.2, 0.25) is 0 Å². The molecule has 0 atom stereocenters. The Morgan fingerprint density at radius 3 is 2.72 bits per heavy atom. The van der Waals surface area contributed by atoms with Crippen molar-refractivity contribution in [2.45, 2.75) is 18.9 Å². The zero-order valence-corrected chi connectivity index (χ0v) is 10.9. The predicted octanol–water partition coefficient (Wildman–Crippen LogP) is 0.942. The van der Waals surface area contributed by atoms with E-state index in [9.17, 15) is 9.59 Å². The molecule has 1 aromatic heterocycles. The molecule has 1 saturated heterocycles. The number of aryl methyl sites for hydroxylation is 1. The highest BCUT2D eigenvalue weighted by Gasteiger charge is 2.21. The Balaban J connectivity index is 2.08. The maximum Gasteiger partial charge on any atom is 0.407 e. The lowest BCUT2D eigenvalue weighted by molar-refractivity contribution is 0.112. The van der Waals surface area contributed by atoms with Crippen LogP contribution in [0.4, 0.5) is 4.79 Å². The first kappa shape index (κ1) is 12.8. The molecular weight excluding hydrogens is 254 g/mol. The molecule has 0 saturated carbocycles. The van der Waals surface area contributed by atoms with Crippen LogP contribution in [-0.2, 0) is 7.05 Å². The normalized spacial score (nSPS) is 18.1. The van der Waals surface area contributed by atoms with Crippen LogP contribution >= 0.6 is 11.3 Å². The summed E-state index contributed by atoms with van der Waals surface area (Å²) in [6, 6.07) is 0.143. The topological polar surface area (TPSA) is 74.9 Å². The average molecular weight is 269 g/mol. The molecule has 2 rings (SSSR count). The molecule has 18 heavy (non-hydrogen) atoms. The minimum atomic E-state index is -0.863. The van der Waals surface area contributed by atoms with Crippen molar-refractivity contribution in [1.82, 2.24) is 9.47 Å². The molecule has 7 heteroatoms. The van der Waals surface area contributed by atoms with E-state index in [0.29, 0.717) is 18.0 Å². The first-order chi connectivity index (χ1) is 8.60. The number of hydrogen-bond donors (Lipinski definition) is 1. The van der Waals surface area contributed by atoms with Crippen LogP contribution in [0.1, 0.15) is 22.5 Å². The molecule has 1 fully saturated rings. The Kier molecular flexibility index (Phi) is 3.81. The number of aldehydes is 1. The summed E-state index contributed by atoms with van der Waals surface area (Å²) in [5.41, 5.74) is 0. The number of carbonyl (C=O) groups excluding carboxylic acids is 1. The number of carboxylic acid groups (broad SMARTS) is 1. The predicted molar refractivity (Wildman–Crippen MR) is 66.9 cm³/mol. The third-order valence-corrected chi connectivity index (χ3v) is 3.99. The van der Waals surface area contributed by atoms with Gasteiger partial charge in [0.2, 0.25) is 0 Å². The largest absolute Gasteiger partial charge is 0.465 e. The third-order valence-electron chi connectivity index (χ3n) is 2.98. The molecule has 0 radical (unpaired) electrons. The standard InChI is InChI=1S/C11H15N3O3S/c1-13-6-9(7-15)18-10(13)12-8-2-4-14(5-3-8)11(16)17/h6-8H,2-5H2,1H3,(H,16,17)/b12-10-. The van der Waals surface area contributed by atoms with Gasteiger partial charge in [0.25, 0.3) is 0 Å². The van der Waals surface area contributed by atoms with E-state index >= 15 is 0 Å². The summed E-state index contributed by atoms with van der Waals surface area (Å²) in [5.74, 6) is 0. The summed E-state index contributed by atoms with van der Waals surface area (Å²) in [4.78, 5) is 28.9. The Morgan fingerprint density at radius 2 is 2.22 bits per heavy atom. The van der Waals surface area contributed by atoms with Crippen molar-refractivity contribution in [3.63, 3.8) is 0 Å². The summed E-state index contributed by atoms with van der Waals surface area (Å²) in [7, 11) is 1.86. The molecule has 1 aliphatic heterocycles. The SMILES string of the molecule is Cn1cc(C=O)s/c1=N\C1CCN(C(=O)O)CC1. The molecule has 0 spiro atoms. The number of likely N-dealkylation sites (tertiary alicyclic amines) is 1. The van der Waals surface area contributed by atoms with Gasteiger partial charge in [0.15, 0.2) is 11.1 Å². The second kappa shape index (κ2) is 5.34. The number of aromatic nitrogens is 1. The highest BCUT2D eigenvalue weighted by Crippen LogP contribution is 2.13. The van der Waals surface area contributed by atoms with Crippen LogP contribution in [0.3, 0.4) is 0 Å². The first-order valence-electron chi connectivity index (χ1n) is 5.73. The lowest BCUT2D eigenvalue weighted by Gasteiger charge is -2.27. The Hall–Kier alpha value is -1.63. The van der Waals surface area contributed by atoms with E-state index in [1.807, 2.05) is 11.6 Å². The van der Waals surface area contributed by atoms with Gasteiger partial charge in [-0.3, -0.25) is 9.79 Å². The summed E-state index contributed by atoms with van der Waals surface area (Å²) in [5, 5.41) is 8.85. The summed E-state index contributed by atoms with van der Waals surface area (Å²) in [6.07, 6.45) is 3.18. The smallest absolute Gasteiger partial charge is 0.407 e. The molecule has 1 N–H and O–H groups in total. The van der Waals surface area contributed by atoms with E-state index in [0.717, 1.165) is 23.9 Å². The Labute approximate surface area is 108 Å². The number of amides is 1. The van der Waals surface area contributed by atoms with E-state index in [4.69, 9.17) is 5.11 Å². The Bertz CT molecular complexity index is 512. The van der Waals surface area contributed by atoms with Crippen molar-refractivity contribution in [2.24, 2.45) is 12.0 Å². The van der Waals surface area contributed by atoms with Gasteiger partial charge in [-0.1, -0.05) is 11.3 Å². The van der Waals surface area contributed by atoms with Crippen molar-refractivity contribution in [3.8, 4) is 0 Å². The van der Waals surface area contributed by atoms with E-state index in [1.165, 1.54) is 16.2 Å². The van der Waals surface area contributed by atoms with Crippen molar-refractivity contribution in [2.75, 3.05) is 13.1 Å². The summed E-state index contributed by atoms with van der Waals surface area (Å²) >= 11 is 1.36. The number of rotatable bonds is 2. The van der Waals surface area contributed by atoms with Crippen LogP contribution in [0.25, 0.3) is 0 Å². The first-order valence-corrected chi connectivity index (χ1v) is 6.55. The zero-order valence-electron chi connectivity index (χ0n) is 10.1. The monoisotopic (exact) mass is 269 g/mol. The second-order valence-electron chi connectivity index (χ2n) is 4.27. The van der Waals surface area contributed by atoms with Gasteiger partial charge in [-0.2, -0.15) is 0 Å². The molecule has 0 aliphatic carbocycles. The quantitative estimate of drug-likeness (QED) is 0.812. The number of piperidine rings is 1. The molecule has 0 unspecified atom stereocenters. The molecular formula is C11H15N3O3S. The fraction of sp³-hybridized carbons (Fsp3) is 0.545. The molecule has 1 amide bonds. The molecule has 6 nitrogen and oxygen atoms in total.